The summed E-state index contributed by atoms with van der Waals surface area (Å²) in [6, 6.07) is 8.17. The minimum Gasteiger partial charge on any atom is -0.334 e. The summed E-state index contributed by atoms with van der Waals surface area (Å²) in [5, 5.41) is 5.36. The van der Waals surface area contributed by atoms with Gasteiger partial charge in [0.15, 0.2) is 0 Å². The van der Waals surface area contributed by atoms with Crippen molar-refractivity contribution in [3.63, 3.8) is 0 Å². The van der Waals surface area contributed by atoms with E-state index in [4.69, 9.17) is 0 Å². The van der Waals surface area contributed by atoms with E-state index in [2.05, 4.69) is 14.7 Å². The Labute approximate surface area is 150 Å². The van der Waals surface area contributed by atoms with Gasteiger partial charge in [-0.05, 0) is 35.6 Å². The Balaban J connectivity index is 1.51. The number of carbonyl (C=O) groups is 1. The number of amides is 1. The molecule has 0 unspecified atom stereocenters. The Morgan fingerprint density at radius 2 is 1.96 bits per heavy atom. The zero-order valence-electron chi connectivity index (χ0n) is 13.3. The molecular weight excluding hydrogens is 367 g/mol. The van der Waals surface area contributed by atoms with E-state index >= 15 is 0 Å². The first-order valence-electron chi connectivity index (χ1n) is 7.77. The Morgan fingerprint density at radius 3 is 2.65 bits per heavy atom. The van der Waals surface area contributed by atoms with Crippen molar-refractivity contribution in [1.82, 2.24) is 15.0 Å². The third-order valence-corrected chi connectivity index (χ3v) is 5.18. The van der Waals surface area contributed by atoms with Crippen LogP contribution in [0.15, 0.2) is 40.2 Å². The van der Waals surface area contributed by atoms with Crippen LogP contribution in [0.3, 0.4) is 0 Å². The molecule has 134 valence electrons. The molecule has 0 bridgehead atoms. The maximum Gasteiger partial charge on any atom is 0.471 e. The summed E-state index contributed by atoms with van der Waals surface area (Å²) < 4.78 is 41.8. The lowest BCUT2D eigenvalue weighted by atomic mass is 10.1. The van der Waals surface area contributed by atoms with Crippen LogP contribution in [-0.2, 0) is 19.1 Å². The molecule has 0 N–H and O–H groups in total. The van der Waals surface area contributed by atoms with Crippen LogP contribution in [0.2, 0.25) is 0 Å². The van der Waals surface area contributed by atoms with Gasteiger partial charge in [-0.1, -0.05) is 17.3 Å². The molecule has 1 aliphatic heterocycles. The monoisotopic (exact) mass is 379 g/mol. The van der Waals surface area contributed by atoms with Gasteiger partial charge in [-0.15, -0.1) is 11.3 Å². The number of halogens is 3. The van der Waals surface area contributed by atoms with Crippen LogP contribution in [0.5, 0.6) is 0 Å². The summed E-state index contributed by atoms with van der Waals surface area (Å²) in [6.07, 6.45) is -3.85. The van der Waals surface area contributed by atoms with Gasteiger partial charge < -0.3 is 9.42 Å². The van der Waals surface area contributed by atoms with Gasteiger partial charge in [-0.25, -0.2) is 0 Å². The number of fused-ring (bicyclic) bond motifs is 1. The summed E-state index contributed by atoms with van der Waals surface area (Å²) in [5.74, 6) is -1.68. The van der Waals surface area contributed by atoms with Crippen LogP contribution in [0.1, 0.15) is 26.7 Å². The minimum absolute atomic E-state index is 0.113. The standard InChI is InChI=1S/C17H12F3N3O2S/c18-17(19,20)16-21-14(22-25-16)10-1-3-11(4-2-10)15(24)23-7-5-13-12(9-23)6-8-26-13/h1-4,6,8H,5,7,9H2. The molecule has 1 aliphatic rings. The van der Waals surface area contributed by atoms with E-state index in [9.17, 15) is 18.0 Å². The van der Waals surface area contributed by atoms with E-state index in [0.717, 1.165) is 12.0 Å². The smallest absolute Gasteiger partial charge is 0.334 e. The van der Waals surface area contributed by atoms with Crippen LogP contribution in [0, 0.1) is 0 Å². The normalized spacial score (nSPS) is 14.3. The number of hydrogen-bond donors (Lipinski definition) is 0. The quantitative estimate of drug-likeness (QED) is 0.675. The van der Waals surface area contributed by atoms with Crippen molar-refractivity contribution >= 4 is 17.2 Å². The van der Waals surface area contributed by atoms with Crippen LogP contribution in [0.4, 0.5) is 13.2 Å². The fourth-order valence-electron chi connectivity index (χ4n) is 2.82. The van der Waals surface area contributed by atoms with Crippen molar-refractivity contribution in [2.75, 3.05) is 6.54 Å². The van der Waals surface area contributed by atoms with Crippen molar-refractivity contribution < 1.29 is 22.5 Å². The molecule has 9 heteroatoms. The van der Waals surface area contributed by atoms with E-state index in [0.29, 0.717) is 24.2 Å². The molecule has 26 heavy (non-hydrogen) atoms. The molecule has 2 aromatic heterocycles. The minimum atomic E-state index is -4.68. The molecular formula is C17H12F3N3O2S. The van der Waals surface area contributed by atoms with Gasteiger partial charge in [0.25, 0.3) is 5.91 Å². The van der Waals surface area contributed by atoms with Gasteiger partial charge in [0.1, 0.15) is 0 Å². The molecule has 5 nitrogen and oxygen atoms in total. The number of aromatic nitrogens is 2. The molecule has 0 atom stereocenters. The number of hydrogen-bond acceptors (Lipinski definition) is 5. The van der Waals surface area contributed by atoms with Crippen molar-refractivity contribution in [2.45, 2.75) is 19.1 Å². The maximum absolute atomic E-state index is 12.6. The fraction of sp³-hybridized carbons (Fsp3) is 0.235. The number of thiophene rings is 1. The van der Waals surface area contributed by atoms with E-state index in [1.54, 1.807) is 28.4 Å². The summed E-state index contributed by atoms with van der Waals surface area (Å²) in [4.78, 5) is 19.1. The highest BCUT2D eigenvalue weighted by molar-refractivity contribution is 7.10. The van der Waals surface area contributed by atoms with E-state index < -0.39 is 12.1 Å². The predicted octanol–water partition coefficient (Wildman–Crippen LogP) is 4.02. The summed E-state index contributed by atoms with van der Waals surface area (Å²) in [6.45, 7) is 1.22. The third-order valence-electron chi connectivity index (χ3n) is 4.15. The average molecular weight is 379 g/mol. The highest BCUT2D eigenvalue weighted by atomic mass is 32.1. The lowest BCUT2D eigenvalue weighted by molar-refractivity contribution is -0.159. The lowest BCUT2D eigenvalue weighted by Crippen LogP contribution is -2.35. The van der Waals surface area contributed by atoms with Gasteiger partial charge in [0.2, 0.25) is 5.82 Å². The predicted molar refractivity (Wildman–Crippen MR) is 87.5 cm³/mol. The van der Waals surface area contributed by atoms with E-state index in [1.807, 2.05) is 11.4 Å². The number of nitrogens with zero attached hydrogens (tertiary/aromatic N) is 3. The fourth-order valence-corrected chi connectivity index (χ4v) is 3.71. The van der Waals surface area contributed by atoms with Gasteiger partial charge in [-0.3, -0.25) is 4.79 Å². The van der Waals surface area contributed by atoms with Crippen molar-refractivity contribution in [1.29, 1.82) is 0 Å². The second kappa shape index (κ2) is 6.24. The number of benzene rings is 1. The molecule has 1 aromatic carbocycles. The highest BCUT2D eigenvalue weighted by Gasteiger charge is 2.38. The first kappa shape index (κ1) is 16.8. The van der Waals surface area contributed by atoms with Gasteiger partial charge in [-0.2, -0.15) is 18.2 Å². The average Bonchev–Trinajstić information content (AvgIpc) is 3.29. The molecule has 3 aromatic rings. The molecule has 0 fully saturated rings. The number of alkyl halides is 3. The van der Waals surface area contributed by atoms with Crippen LogP contribution in [0.25, 0.3) is 11.4 Å². The topological polar surface area (TPSA) is 59.2 Å². The lowest BCUT2D eigenvalue weighted by Gasteiger charge is -2.27. The summed E-state index contributed by atoms with van der Waals surface area (Å²) in [5.41, 5.74) is 1.98. The summed E-state index contributed by atoms with van der Waals surface area (Å²) in [7, 11) is 0. The van der Waals surface area contributed by atoms with Gasteiger partial charge in [0.05, 0.1) is 0 Å². The van der Waals surface area contributed by atoms with Gasteiger partial charge >= 0.3 is 12.1 Å². The Morgan fingerprint density at radius 1 is 1.19 bits per heavy atom. The first-order valence-corrected chi connectivity index (χ1v) is 8.65. The molecule has 4 rings (SSSR count). The third kappa shape index (κ3) is 3.10. The Hall–Kier alpha value is -2.68. The van der Waals surface area contributed by atoms with E-state index in [-0.39, 0.29) is 11.7 Å². The number of rotatable bonds is 2. The molecule has 1 amide bonds. The number of carbonyl (C=O) groups excluding carboxylic acids is 1. The zero-order chi connectivity index (χ0) is 18.3. The highest BCUT2D eigenvalue weighted by Crippen LogP contribution is 2.30. The van der Waals surface area contributed by atoms with Crippen molar-refractivity contribution in [3.8, 4) is 11.4 Å². The van der Waals surface area contributed by atoms with Crippen molar-refractivity contribution in [2.24, 2.45) is 0 Å². The summed E-state index contributed by atoms with van der Waals surface area (Å²) >= 11 is 1.70. The Bertz CT molecular complexity index is 947. The largest absolute Gasteiger partial charge is 0.471 e. The Kier molecular flexibility index (Phi) is 4.03. The van der Waals surface area contributed by atoms with Crippen molar-refractivity contribution in [3.05, 3.63) is 57.6 Å². The van der Waals surface area contributed by atoms with Crippen LogP contribution in [-0.4, -0.2) is 27.5 Å². The molecule has 0 spiro atoms. The van der Waals surface area contributed by atoms with E-state index in [1.165, 1.54) is 17.0 Å². The molecule has 0 saturated carbocycles. The van der Waals surface area contributed by atoms with Crippen LogP contribution >= 0.6 is 11.3 Å². The second-order valence-corrected chi connectivity index (χ2v) is 6.84. The molecule has 0 aliphatic carbocycles. The SMILES string of the molecule is O=C(c1ccc(-c2noc(C(F)(F)F)n2)cc1)N1CCc2sccc2C1. The molecule has 0 radical (unpaired) electrons. The zero-order valence-corrected chi connectivity index (χ0v) is 14.1. The second-order valence-electron chi connectivity index (χ2n) is 5.84. The molecule has 0 saturated heterocycles. The first-order chi connectivity index (χ1) is 12.4. The molecule has 3 heterocycles. The van der Waals surface area contributed by atoms with Crippen LogP contribution < -0.4 is 0 Å². The maximum atomic E-state index is 12.6. The van der Waals surface area contributed by atoms with Gasteiger partial charge in [0, 0.05) is 29.1 Å².